The molecule has 1 aliphatic carbocycles. The lowest BCUT2D eigenvalue weighted by Gasteiger charge is -2.38. The van der Waals surface area contributed by atoms with Crippen LogP contribution in [0.15, 0.2) is 24.3 Å². The van der Waals surface area contributed by atoms with Crippen LogP contribution < -0.4 is 4.74 Å². The highest BCUT2D eigenvalue weighted by Crippen LogP contribution is 2.40. The molecule has 4 nitrogen and oxygen atoms in total. The lowest BCUT2D eigenvalue weighted by atomic mass is 9.67. The van der Waals surface area contributed by atoms with E-state index in [0.29, 0.717) is 12.8 Å². The van der Waals surface area contributed by atoms with Crippen molar-refractivity contribution in [1.82, 2.24) is 0 Å². The molecule has 2 atom stereocenters. The van der Waals surface area contributed by atoms with Crippen LogP contribution in [0.1, 0.15) is 31.2 Å². The molecule has 116 valence electrons. The molecule has 1 aromatic rings. The van der Waals surface area contributed by atoms with Gasteiger partial charge in [-0.2, -0.15) is 0 Å². The lowest BCUT2D eigenvalue weighted by molar-refractivity contribution is -0.274. The highest BCUT2D eigenvalue weighted by atomic mass is 19.4. The van der Waals surface area contributed by atoms with Gasteiger partial charge in [0, 0.05) is 0 Å². The number of benzene rings is 1. The second-order valence-electron chi connectivity index (χ2n) is 5.11. The molecule has 0 radical (unpaired) electrons. The van der Waals surface area contributed by atoms with E-state index in [2.05, 4.69) is 4.74 Å². The van der Waals surface area contributed by atoms with Gasteiger partial charge in [0.1, 0.15) is 11.2 Å². The zero-order valence-corrected chi connectivity index (χ0v) is 11.1. The van der Waals surface area contributed by atoms with Crippen molar-refractivity contribution in [3.63, 3.8) is 0 Å². The van der Waals surface area contributed by atoms with Crippen LogP contribution in [0.2, 0.25) is 0 Å². The minimum atomic E-state index is -4.80. The van der Waals surface area contributed by atoms with Gasteiger partial charge < -0.3 is 14.9 Å². The van der Waals surface area contributed by atoms with Crippen LogP contribution in [-0.2, 0) is 10.2 Å². The molecule has 2 N–H and O–H groups in total. The summed E-state index contributed by atoms with van der Waals surface area (Å²) in [5.74, 6) is -1.59. The average molecular weight is 304 g/mol. The molecule has 0 aliphatic heterocycles. The predicted molar refractivity (Wildman–Crippen MR) is 66.9 cm³/mol. The molecule has 1 fully saturated rings. The van der Waals surface area contributed by atoms with Gasteiger partial charge >= 0.3 is 12.3 Å². The number of alkyl halides is 3. The summed E-state index contributed by atoms with van der Waals surface area (Å²) in [6, 6.07) is 4.66. The maximum absolute atomic E-state index is 12.1. The third-order valence-electron chi connectivity index (χ3n) is 3.85. The highest BCUT2D eigenvalue weighted by Gasteiger charge is 2.48. The zero-order valence-electron chi connectivity index (χ0n) is 11.1. The number of halogens is 3. The van der Waals surface area contributed by atoms with Gasteiger partial charge in [0.15, 0.2) is 0 Å². The first-order chi connectivity index (χ1) is 9.75. The summed E-state index contributed by atoms with van der Waals surface area (Å²) in [6.07, 6.45) is -3.87. The lowest BCUT2D eigenvalue weighted by Crippen LogP contribution is -2.48. The number of hydrogen-bond donors (Lipinski definition) is 2. The minimum absolute atomic E-state index is 0.253. The Bertz CT molecular complexity index is 512. The molecule has 2 rings (SSSR count). The molecule has 0 heterocycles. The van der Waals surface area contributed by atoms with E-state index in [1.165, 1.54) is 12.1 Å². The monoisotopic (exact) mass is 304 g/mol. The number of ether oxygens (including phenoxy) is 1. The number of hydrogen-bond acceptors (Lipinski definition) is 3. The molecule has 0 amide bonds. The van der Waals surface area contributed by atoms with Crippen LogP contribution >= 0.6 is 0 Å². The van der Waals surface area contributed by atoms with E-state index in [1.807, 2.05) is 0 Å². The topological polar surface area (TPSA) is 66.8 Å². The smallest absolute Gasteiger partial charge is 0.481 e. The van der Waals surface area contributed by atoms with Crippen LogP contribution in [0.4, 0.5) is 13.2 Å². The highest BCUT2D eigenvalue weighted by molar-refractivity contribution is 5.82. The van der Waals surface area contributed by atoms with E-state index in [9.17, 15) is 28.2 Å². The first kappa shape index (κ1) is 15.6. The van der Waals surface area contributed by atoms with E-state index < -0.39 is 29.6 Å². The van der Waals surface area contributed by atoms with Crippen LogP contribution in [0.3, 0.4) is 0 Å². The van der Waals surface area contributed by atoms with Gasteiger partial charge in [0.2, 0.25) is 0 Å². The molecule has 1 aromatic carbocycles. The largest absolute Gasteiger partial charge is 0.573 e. The summed E-state index contributed by atoms with van der Waals surface area (Å²) >= 11 is 0. The Morgan fingerprint density at radius 3 is 2.33 bits per heavy atom. The summed E-state index contributed by atoms with van der Waals surface area (Å²) < 4.78 is 40.1. The van der Waals surface area contributed by atoms with Gasteiger partial charge in [-0.05, 0) is 30.5 Å². The molecular weight excluding hydrogens is 289 g/mol. The van der Waals surface area contributed by atoms with E-state index in [0.717, 1.165) is 18.6 Å². The van der Waals surface area contributed by atoms with Gasteiger partial charge in [-0.3, -0.25) is 4.79 Å². The van der Waals surface area contributed by atoms with E-state index in [4.69, 9.17) is 0 Å². The molecule has 0 saturated heterocycles. The van der Waals surface area contributed by atoms with Gasteiger partial charge in [0.05, 0.1) is 6.10 Å². The number of carbonyl (C=O) groups is 1. The van der Waals surface area contributed by atoms with Crippen LogP contribution in [0, 0.1) is 0 Å². The zero-order chi connectivity index (χ0) is 15.7. The van der Waals surface area contributed by atoms with Crippen LogP contribution in [-0.4, -0.2) is 28.6 Å². The minimum Gasteiger partial charge on any atom is -0.481 e. The van der Waals surface area contributed by atoms with Crippen molar-refractivity contribution in [2.45, 2.75) is 43.6 Å². The maximum atomic E-state index is 12.1. The van der Waals surface area contributed by atoms with Gasteiger partial charge in [-0.1, -0.05) is 25.0 Å². The van der Waals surface area contributed by atoms with E-state index >= 15 is 0 Å². The Morgan fingerprint density at radius 2 is 1.86 bits per heavy atom. The van der Waals surface area contributed by atoms with Gasteiger partial charge in [-0.25, -0.2) is 0 Å². The van der Waals surface area contributed by atoms with Gasteiger partial charge in [0.25, 0.3) is 0 Å². The second-order valence-corrected chi connectivity index (χ2v) is 5.11. The number of aliphatic hydroxyl groups is 1. The first-order valence-electron chi connectivity index (χ1n) is 6.53. The standard InChI is InChI=1S/C14H15F3O4/c15-14(16,17)21-10-6-4-9(5-7-10)13(12(19)20)8-2-1-3-11(13)18/h4-7,11,18H,1-3,8H2,(H,19,20). The van der Waals surface area contributed by atoms with E-state index in [1.54, 1.807) is 0 Å². The molecular formula is C14H15F3O4. The molecule has 1 saturated carbocycles. The van der Waals surface area contributed by atoms with Crippen molar-refractivity contribution in [2.24, 2.45) is 0 Å². The van der Waals surface area contributed by atoms with Crippen molar-refractivity contribution >= 4 is 5.97 Å². The Hall–Kier alpha value is -1.76. The Balaban J connectivity index is 2.32. The van der Waals surface area contributed by atoms with Crippen LogP contribution in [0.5, 0.6) is 5.75 Å². The Kier molecular flexibility index (Phi) is 4.13. The molecule has 2 unspecified atom stereocenters. The number of carboxylic acid groups (broad SMARTS) is 1. The quantitative estimate of drug-likeness (QED) is 0.901. The molecule has 0 spiro atoms. The molecule has 1 aliphatic rings. The van der Waals surface area contributed by atoms with Crippen molar-refractivity contribution < 1.29 is 32.9 Å². The number of aliphatic hydroxyl groups excluding tert-OH is 1. The Morgan fingerprint density at radius 1 is 1.24 bits per heavy atom. The third kappa shape index (κ3) is 3.12. The summed E-state index contributed by atoms with van der Waals surface area (Å²) in [5.41, 5.74) is -1.17. The summed E-state index contributed by atoms with van der Waals surface area (Å²) in [5, 5.41) is 19.6. The molecule has 21 heavy (non-hydrogen) atoms. The Labute approximate surface area is 119 Å². The first-order valence-corrected chi connectivity index (χ1v) is 6.53. The fraction of sp³-hybridized carbons (Fsp3) is 0.500. The predicted octanol–water partition coefficient (Wildman–Crippen LogP) is 2.84. The molecule has 7 heteroatoms. The van der Waals surface area contributed by atoms with Crippen molar-refractivity contribution in [3.8, 4) is 5.75 Å². The summed E-state index contributed by atoms with van der Waals surface area (Å²) in [7, 11) is 0. The maximum Gasteiger partial charge on any atom is 0.573 e. The summed E-state index contributed by atoms with van der Waals surface area (Å²) in [4.78, 5) is 11.6. The number of rotatable bonds is 3. The van der Waals surface area contributed by atoms with Crippen LogP contribution in [0.25, 0.3) is 0 Å². The van der Waals surface area contributed by atoms with Crippen molar-refractivity contribution in [2.75, 3.05) is 0 Å². The summed E-state index contributed by atoms with van der Waals surface area (Å²) in [6.45, 7) is 0. The fourth-order valence-electron chi connectivity index (χ4n) is 2.82. The molecule has 0 bridgehead atoms. The SMILES string of the molecule is O=C(O)C1(c2ccc(OC(F)(F)F)cc2)CCCCC1O. The third-order valence-corrected chi connectivity index (χ3v) is 3.85. The van der Waals surface area contributed by atoms with Crippen molar-refractivity contribution in [1.29, 1.82) is 0 Å². The van der Waals surface area contributed by atoms with Crippen molar-refractivity contribution in [3.05, 3.63) is 29.8 Å². The number of carboxylic acids is 1. The fourth-order valence-corrected chi connectivity index (χ4v) is 2.82. The van der Waals surface area contributed by atoms with Gasteiger partial charge in [-0.15, -0.1) is 13.2 Å². The second kappa shape index (κ2) is 5.55. The average Bonchev–Trinajstić information content (AvgIpc) is 2.38. The normalized spacial score (nSPS) is 26.4. The number of aliphatic carboxylic acids is 1. The van der Waals surface area contributed by atoms with E-state index in [-0.39, 0.29) is 12.0 Å². The molecule has 0 aromatic heterocycles.